The number of carbonyl (C=O) groups excluding carboxylic acids is 1. The van der Waals surface area contributed by atoms with Gasteiger partial charge in [-0.1, -0.05) is 43.7 Å². The quantitative estimate of drug-likeness (QED) is 0.799. The molecule has 0 radical (unpaired) electrons. The van der Waals surface area contributed by atoms with Crippen molar-refractivity contribution in [3.8, 4) is 5.75 Å². The Morgan fingerprint density at radius 1 is 0.960 bits per heavy atom. The summed E-state index contributed by atoms with van der Waals surface area (Å²) in [7, 11) is 0. The zero-order valence-corrected chi connectivity index (χ0v) is 14.9. The molecule has 4 nitrogen and oxygen atoms in total. The van der Waals surface area contributed by atoms with Crippen LogP contribution in [0.15, 0.2) is 54.1 Å². The monoisotopic (exact) mass is 338 g/mol. The molecule has 25 heavy (non-hydrogen) atoms. The Hall–Kier alpha value is -2.59. The molecule has 0 bridgehead atoms. The number of benzene rings is 2. The van der Waals surface area contributed by atoms with E-state index in [0.717, 1.165) is 42.6 Å². The number of primary amides is 1. The molecule has 2 aromatic carbocycles. The van der Waals surface area contributed by atoms with Gasteiger partial charge in [-0.05, 0) is 66.9 Å². The topological polar surface area (TPSA) is 75.4 Å². The molecular formula is C21H26N2O2. The summed E-state index contributed by atoms with van der Waals surface area (Å²) in [4.78, 5) is 11.3. The second kappa shape index (κ2) is 9.04. The minimum absolute atomic E-state index is 0.253. The van der Waals surface area contributed by atoms with E-state index in [0.29, 0.717) is 5.56 Å². The number of amides is 1. The molecular weight excluding hydrogens is 312 g/mol. The number of rotatable bonds is 3. The number of hydrogen-bond acceptors (Lipinski definition) is 3. The average molecular weight is 338 g/mol. The van der Waals surface area contributed by atoms with Gasteiger partial charge in [-0.2, -0.15) is 0 Å². The first-order valence-electron chi connectivity index (χ1n) is 8.77. The molecule has 1 aliphatic rings. The predicted octanol–water partition coefficient (Wildman–Crippen LogP) is 3.70. The first kappa shape index (κ1) is 18.7. The van der Waals surface area contributed by atoms with Crippen molar-refractivity contribution in [1.29, 1.82) is 0 Å². The van der Waals surface area contributed by atoms with Crippen LogP contribution in [-0.4, -0.2) is 24.1 Å². The molecule has 0 atom stereocenters. The van der Waals surface area contributed by atoms with Gasteiger partial charge >= 0.3 is 0 Å². The van der Waals surface area contributed by atoms with Crippen LogP contribution < -0.4 is 11.1 Å². The predicted molar refractivity (Wildman–Crippen MR) is 103 cm³/mol. The molecule has 1 saturated heterocycles. The van der Waals surface area contributed by atoms with Crippen molar-refractivity contribution in [3.05, 3.63) is 70.8 Å². The summed E-state index contributed by atoms with van der Waals surface area (Å²) < 4.78 is 0. The Kier molecular flexibility index (Phi) is 6.78. The lowest BCUT2D eigenvalue weighted by Crippen LogP contribution is -2.23. The molecule has 2 aromatic rings. The Balaban J connectivity index is 0.00000109. The zero-order valence-electron chi connectivity index (χ0n) is 14.9. The van der Waals surface area contributed by atoms with Crippen molar-refractivity contribution in [2.24, 2.45) is 5.73 Å². The van der Waals surface area contributed by atoms with E-state index >= 15 is 0 Å². The van der Waals surface area contributed by atoms with Gasteiger partial charge in [0.15, 0.2) is 0 Å². The van der Waals surface area contributed by atoms with Crippen molar-refractivity contribution >= 4 is 11.5 Å². The van der Waals surface area contributed by atoms with Gasteiger partial charge in [0.25, 0.3) is 0 Å². The maximum Gasteiger partial charge on any atom is 0.248 e. The van der Waals surface area contributed by atoms with Crippen molar-refractivity contribution in [2.75, 3.05) is 13.1 Å². The van der Waals surface area contributed by atoms with Gasteiger partial charge in [0, 0.05) is 5.56 Å². The largest absolute Gasteiger partial charge is 0.508 e. The fourth-order valence-corrected chi connectivity index (χ4v) is 3.02. The summed E-state index contributed by atoms with van der Waals surface area (Å²) in [6.07, 6.45) is 1.95. The lowest BCUT2D eigenvalue weighted by molar-refractivity contribution is 0.100. The van der Waals surface area contributed by atoms with E-state index < -0.39 is 5.91 Å². The van der Waals surface area contributed by atoms with Crippen molar-refractivity contribution in [3.63, 3.8) is 0 Å². The van der Waals surface area contributed by atoms with Crippen molar-refractivity contribution in [1.82, 2.24) is 5.32 Å². The molecule has 0 aliphatic carbocycles. The highest BCUT2D eigenvalue weighted by Crippen LogP contribution is 2.32. The summed E-state index contributed by atoms with van der Waals surface area (Å²) in [5, 5.41) is 13.2. The van der Waals surface area contributed by atoms with Crippen LogP contribution >= 0.6 is 0 Å². The van der Waals surface area contributed by atoms with Crippen LogP contribution in [0.5, 0.6) is 5.75 Å². The van der Waals surface area contributed by atoms with Gasteiger partial charge in [0.05, 0.1) is 0 Å². The van der Waals surface area contributed by atoms with Crippen LogP contribution in [0.1, 0.15) is 48.2 Å². The smallest absolute Gasteiger partial charge is 0.248 e. The van der Waals surface area contributed by atoms with Crippen LogP contribution in [0, 0.1) is 0 Å². The highest BCUT2D eigenvalue weighted by atomic mass is 16.3. The zero-order chi connectivity index (χ0) is 18.2. The summed E-state index contributed by atoms with van der Waals surface area (Å²) in [6.45, 7) is 5.91. The summed E-state index contributed by atoms with van der Waals surface area (Å²) in [6, 6.07) is 14.7. The van der Waals surface area contributed by atoms with Gasteiger partial charge in [0.2, 0.25) is 5.91 Å². The van der Waals surface area contributed by atoms with E-state index in [1.807, 2.05) is 38.1 Å². The average Bonchev–Trinajstić information content (AvgIpc) is 2.65. The molecule has 4 heteroatoms. The Morgan fingerprint density at radius 2 is 1.56 bits per heavy atom. The van der Waals surface area contributed by atoms with E-state index in [4.69, 9.17) is 5.73 Å². The Labute approximate surface area is 149 Å². The number of aromatic hydroxyl groups is 1. The molecule has 132 valence electrons. The van der Waals surface area contributed by atoms with Gasteiger partial charge in [0.1, 0.15) is 5.75 Å². The van der Waals surface area contributed by atoms with E-state index in [2.05, 4.69) is 5.32 Å². The SMILES string of the molecule is CC.NC(=O)c1ccc(C(=C2CCNCC2)c2cccc(O)c2)cc1. The van der Waals surface area contributed by atoms with Crippen LogP contribution in [0.3, 0.4) is 0 Å². The van der Waals surface area contributed by atoms with Crippen LogP contribution in [-0.2, 0) is 0 Å². The van der Waals surface area contributed by atoms with E-state index in [1.165, 1.54) is 5.57 Å². The minimum Gasteiger partial charge on any atom is -0.508 e. The summed E-state index contributed by atoms with van der Waals surface area (Å²) in [5.74, 6) is -0.173. The molecule has 1 amide bonds. The molecule has 0 aromatic heterocycles. The molecule has 1 heterocycles. The lowest BCUT2D eigenvalue weighted by Gasteiger charge is -2.21. The first-order chi connectivity index (χ1) is 12.1. The summed E-state index contributed by atoms with van der Waals surface area (Å²) >= 11 is 0. The Morgan fingerprint density at radius 3 is 2.12 bits per heavy atom. The number of nitrogens with one attached hydrogen (secondary N) is 1. The van der Waals surface area contributed by atoms with Gasteiger partial charge in [-0.3, -0.25) is 4.79 Å². The van der Waals surface area contributed by atoms with E-state index in [1.54, 1.807) is 24.3 Å². The van der Waals surface area contributed by atoms with Gasteiger partial charge < -0.3 is 16.2 Å². The highest BCUT2D eigenvalue weighted by Gasteiger charge is 2.15. The molecule has 4 N–H and O–H groups in total. The second-order valence-corrected chi connectivity index (χ2v) is 5.72. The van der Waals surface area contributed by atoms with E-state index in [9.17, 15) is 9.90 Å². The molecule has 0 spiro atoms. The summed E-state index contributed by atoms with van der Waals surface area (Å²) in [5.41, 5.74) is 10.4. The van der Waals surface area contributed by atoms with Gasteiger partial charge in [-0.15, -0.1) is 0 Å². The van der Waals surface area contributed by atoms with Crippen molar-refractivity contribution < 1.29 is 9.90 Å². The standard InChI is InChI=1S/C19H20N2O2.C2H6/c20-19(23)15-6-4-13(5-7-15)18(14-8-10-21-11-9-14)16-2-1-3-17(22)12-16;1-2/h1-7,12,21-22H,8-11H2,(H2,20,23);1-2H3. The molecule has 0 saturated carbocycles. The molecule has 1 aliphatic heterocycles. The normalized spacial score (nSPS) is 13.6. The Bertz CT molecular complexity index is 741. The van der Waals surface area contributed by atoms with Crippen LogP contribution in [0.2, 0.25) is 0 Å². The third-order valence-corrected chi connectivity index (χ3v) is 4.15. The number of phenols is 1. The first-order valence-corrected chi connectivity index (χ1v) is 8.77. The maximum atomic E-state index is 11.3. The minimum atomic E-state index is -0.426. The fraction of sp³-hybridized carbons (Fsp3) is 0.286. The van der Waals surface area contributed by atoms with Crippen LogP contribution in [0.25, 0.3) is 5.57 Å². The molecule has 1 fully saturated rings. The van der Waals surface area contributed by atoms with Gasteiger partial charge in [-0.25, -0.2) is 0 Å². The fourth-order valence-electron chi connectivity index (χ4n) is 3.02. The number of hydrogen-bond donors (Lipinski definition) is 3. The van der Waals surface area contributed by atoms with Crippen molar-refractivity contribution in [2.45, 2.75) is 26.7 Å². The highest BCUT2D eigenvalue weighted by molar-refractivity contribution is 5.93. The molecule has 3 rings (SSSR count). The van der Waals surface area contributed by atoms with E-state index in [-0.39, 0.29) is 5.75 Å². The second-order valence-electron chi connectivity index (χ2n) is 5.72. The number of phenolic OH excluding ortho intramolecular Hbond substituents is 1. The number of nitrogens with two attached hydrogens (primary N) is 1. The maximum absolute atomic E-state index is 11.3. The third-order valence-electron chi connectivity index (χ3n) is 4.15. The van der Waals surface area contributed by atoms with Crippen LogP contribution in [0.4, 0.5) is 0 Å². The number of carbonyl (C=O) groups is 1. The lowest BCUT2D eigenvalue weighted by atomic mass is 9.88. The third kappa shape index (κ3) is 4.70. The number of piperidine rings is 1. The molecule has 0 unspecified atom stereocenters.